The summed E-state index contributed by atoms with van der Waals surface area (Å²) in [5, 5.41) is 9.77. The van der Waals surface area contributed by atoms with E-state index in [-0.39, 0.29) is 34.8 Å². The number of rotatable bonds is 5. The maximum absolute atomic E-state index is 12.4. The molecule has 0 bridgehead atoms. The third kappa shape index (κ3) is 3.14. The molecule has 1 aromatic heterocycles. The Bertz CT molecular complexity index is 710. The van der Waals surface area contributed by atoms with E-state index in [0.717, 1.165) is 0 Å². The van der Waals surface area contributed by atoms with Crippen LogP contribution in [0.15, 0.2) is 36.5 Å². The fourth-order valence-electron chi connectivity index (χ4n) is 2.11. The average molecular weight is 299 g/mol. The number of para-hydroxylation sites is 1. The van der Waals surface area contributed by atoms with Gasteiger partial charge >= 0.3 is 5.97 Å². The van der Waals surface area contributed by atoms with Gasteiger partial charge in [-0.15, -0.1) is 0 Å². The van der Waals surface area contributed by atoms with Gasteiger partial charge in [0, 0.05) is 11.8 Å². The highest BCUT2D eigenvalue weighted by atomic mass is 16.5. The number of aromatic nitrogens is 1. The Morgan fingerprint density at radius 1 is 1.18 bits per heavy atom. The molecule has 1 heterocycles. The Hall–Kier alpha value is -2.69. The van der Waals surface area contributed by atoms with E-state index in [1.165, 1.54) is 24.4 Å². The summed E-state index contributed by atoms with van der Waals surface area (Å²) in [6.45, 7) is 3.84. The first-order valence-corrected chi connectivity index (χ1v) is 7.07. The average Bonchev–Trinajstić information content (AvgIpc) is 2.54. The van der Waals surface area contributed by atoms with Crippen molar-refractivity contribution in [2.45, 2.75) is 20.3 Å². The summed E-state index contributed by atoms with van der Waals surface area (Å²) in [4.78, 5) is 28.6. The lowest BCUT2D eigenvalue weighted by molar-refractivity contribution is 0.0524. The molecule has 0 aliphatic rings. The number of carbonyl (C=O) groups excluding carboxylic acids is 2. The minimum atomic E-state index is -0.501. The zero-order valence-electron chi connectivity index (χ0n) is 12.5. The molecule has 5 heteroatoms. The number of pyridine rings is 1. The molecule has 0 saturated heterocycles. The molecule has 22 heavy (non-hydrogen) atoms. The molecule has 0 saturated carbocycles. The van der Waals surface area contributed by atoms with Crippen LogP contribution < -0.4 is 0 Å². The van der Waals surface area contributed by atoms with Crippen molar-refractivity contribution in [2.75, 3.05) is 6.61 Å². The van der Waals surface area contributed by atoms with Crippen LogP contribution in [0.2, 0.25) is 0 Å². The number of benzene rings is 1. The molecule has 0 aliphatic heterocycles. The van der Waals surface area contributed by atoms with Gasteiger partial charge in [0.25, 0.3) is 0 Å². The summed E-state index contributed by atoms with van der Waals surface area (Å²) in [6, 6.07) is 7.73. The van der Waals surface area contributed by atoms with Crippen molar-refractivity contribution in [1.29, 1.82) is 0 Å². The summed E-state index contributed by atoms with van der Waals surface area (Å²) in [5.74, 6) is -0.998. The molecule has 0 unspecified atom stereocenters. The highest BCUT2D eigenvalue weighted by Gasteiger charge is 2.19. The van der Waals surface area contributed by atoms with Gasteiger partial charge < -0.3 is 9.84 Å². The summed E-state index contributed by atoms with van der Waals surface area (Å²) in [7, 11) is 0. The van der Waals surface area contributed by atoms with Crippen LogP contribution in [-0.4, -0.2) is 28.4 Å². The maximum Gasteiger partial charge on any atom is 0.340 e. The van der Waals surface area contributed by atoms with E-state index in [1.807, 2.05) is 6.92 Å². The van der Waals surface area contributed by atoms with Crippen molar-refractivity contribution < 1.29 is 19.4 Å². The number of hydrogen-bond donors (Lipinski definition) is 1. The van der Waals surface area contributed by atoms with Crippen molar-refractivity contribution in [1.82, 2.24) is 4.98 Å². The van der Waals surface area contributed by atoms with E-state index in [0.29, 0.717) is 12.1 Å². The van der Waals surface area contributed by atoms with Crippen LogP contribution in [0.5, 0.6) is 5.75 Å². The molecule has 1 N–H and O–H groups in total. The van der Waals surface area contributed by atoms with Gasteiger partial charge in [0.2, 0.25) is 0 Å². The van der Waals surface area contributed by atoms with Gasteiger partial charge in [0.05, 0.1) is 23.4 Å². The maximum atomic E-state index is 12.4. The summed E-state index contributed by atoms with van der Waals surface area (Å²) in [5.41, 5.74) is 1.27. The fourth-order valence-corrected chi connectivity index (χ4v) is 2.11. The van der Waals surface area contributed by atoms with Gasteiger partial charge in [0.15, 0.2) is 5.78 Å². The first-order valence-electron chi connectivity index (χ1n) is 7.07. The van der Waals surface area contributed by atoms with Gasteiger partial charge in [-0.1, -0.05) is 19.1 Å². The van der Waals surface area contributed by atoms with Gasteiger partial charge in [0.1, 0.15) is 5.75 Å². The molecular formula is C17H17NO4. The SMILES string of the molecule is CCOC(=O)c1cc(C(=O)c2ccccc2O)cnc1CC. The topological polar surface area (TPSA) is 76.5 Å². The largest absolute Gasteiger partial charge is 0.507 e. The number of aryl methyl sites for hydroxylation is 1. The monoisotopic (exact) mass is 299 g/mol. The lowest BCUT2D eigenvalue weighted by Crippen LogP contribution is -2.12. The van der Waals surface area contributed by atoms with Crippen molar-refractivity contribution in [3.05, 3.63) is 58.9 Å². The second-order valence-electron chi connectivity index (χ2n) is 4.64. The molecule has 114 valence electrons. The predicted molar refractivity (Wildman–Crippen MR) is 81.1 cm³/mol. The highest BCUT2D eigenvalue weighted by molar-refractivity contribution is 6.11. The summed E-state index contributed by atoms with van der Waals surface area (Å²) < 4.78 is 4.99. The summed E-state index contributed by atoms with van der Waals surface area (Å²) >= 11 is 0. The van der Waals surface area contributed by atoms with Crippen LogP contribution in [0.4, 0.5) is 0 Å². The lowest BCUT2D eigenvalue weighted by atomic mass is 10.0. The van der Waals surface area contributed by atoms with E-state index < -0.39 is 5.97 Å². The van der Waals surface area contributed by atoms with Gasteiger partial charge in [-0.05, 0) is 31.5 Å². The fraction of sp³-hybridized carbons (Fsp3) is 0.235. The number of ether oxygens (including phenoxy) is 1. The second-order valence-corrected chi connectivity index (χ2v) is 4.64. The summed E-state index contributed by atoms with van der Waals surface area (Å²) in [6.07, 6.45) is 1.97. The number of esters is 1. The molecule has 0 fully saturated rings. The van der Waals surface area contributed by atoms with E-state index in [2.05, 4.69) is 4.98 Å². The molecule has 0 amide bonds. The van der Waals surface area contributed by atoms with Crippen LogP contribution in [0.3, 0.4) is 0 Å². The van der Waals surface area contributed by atoms with Gasteiger partial charge in [-0.25, -0.2) is 4.79 Å². The number of aromatic hydroxyl groups is 1. The molecule has 1 aromatic carbocycles. The zero-order chi connectivity index (χ0) is 16.1. The third-order valence-electron chi connectivity index (χ3n) is 3.21. The van der Waals surface area contributed by atoms with Crippen LogP contribution >= 0.6 is 0 Å². The minimum absolute atomic E-state index is 0.107. The Kier molecular flexibility index (Phi) is 4.88. The number of phenols is 1. The Labute approximate surface area is 128 Å². The number of nitrogens with zero attached hydrogens (tertiary/aromatic N) is 1. The van der Waals surface area contributed by atoms with Gasteiger partial charge in [-0.3, -0.25) is 9.78 Å². The number of carbonyl (C=O) groups is 2. The number of phenolic OH excluding ortho intramolecular Hbond substituents is 1. The molecular weight excluding hydrogens is 282 g/mol. The first kappa shape index (κ1) is 15.7. The molecule has 0 radical (unpaired) electrons. The van der Waals surface area contributed by atoms with E-state index >= 15 is 0 Å². The molecule has 2 aromatic rings. The van der Waals surface area contributed by atoms with E-state index in [4.69, 9.17) is 4.74 Å². The minimum Gasteiger partial charge on any atom is -0.507 e. The number of ketones is 1. The smallest absolute Gasteiger partial charge is 0.340 e. The van der Waals surface area contributed by atoms with Crippen LogP contribution in [0.1, 0.15) is 45.8 Å². The van der Waals surface area contributed by atoms with Crippen LogP contribution in [-0.2, 0) is 11.2 Å². The molecule has 0 atom stereocenters. The molecule has 5 nitrogen and oxygen atoms in total. The van der Waals surface area contributed by atoms with Crippen LogP contribution in [0, 0.1) is 0 Å². The van der Waals surface area contributed by atoms with Gasteiger partial charge in [-0.2, -0.15) is 0 Å². The normalized spacial score (nSPS) is 10.3. The standard InChI is InChI=1S/C17H17NO4/c1-3-14-13(17(21)22-4-2)9-11(10-18-14)16(20)12-7-5-6-8-15(12)19/h5-10,19H,3-4H2,1-2H3. The zero-order valence-corrected chi connectivity index (χ0v) is 12.5. The van der Waals surface area contributed by atoms with E-state index in [1.54, 1.807) is 19.1 Å². The van der Waals surface area contributed by atoms with Crippen LogP contribution in [0.25, 0.3) is 0 Å². The highest BCUT2D eigenvalue weighted by Crippen LogP contribution is 2.21. The molecule has 0 spiro atoms. The molecule has 0 aliphatic carbocycles. The Morgan fingerprint density at radius 3 is 2.55 bits per heavy atom. The number of hydrogen-bond acceptors (Lipinski definition) is 5. The predicted octanol–water partition coefficient (Wildman–Crippen LogP) is 2.76. The lowest BCUT2D eigenvalue weighted by Gasteiger charge is -2.09. The van der Waals surface area contributed by atoms with E-state index in [9.17, 15) is 14.7 Å². The van der Waals surface area contributed by atoms with Crippen molar-refractivity contribution in [3.63, 3.8) is 0 Å². The third-order valence-corrected chi connectivity index (χ3v) is 3.21. The second kappa shape index (κ2) is 6.85. The Balaban J connectivity index is 2.44. The molecule has 2 rings (SSSR count). The Morgan fingerprint density at radius 2 is 1.91 bits per heavy atom. The quantitative estimate of drug-likeness (QED) is 0.678. The van der Waals surface area contributed by atoms with Crippen molar-refractivity contribution in [2.24, 2.45) is 0 Å². The van der Waals surface area contributed by atoms with Crippen molar-refractivity contribution in [3.8, 4) is 5.75 Å². The first-order chi connectivity index (χ1) is 10.6. The van der Waals surface area contributed by atoms with Crippen molar-refractivity contribution >= 4 is 11.8 Å².